The van der Waals surface area contributed by atoms with Gasteiger partial charge >= 0.3 is 6.18 Å². The zero-order chi connectivity index (χ0) is 15.3. The molecule has 0 saturated carbocycles. The van der Waals surface area contributed by atoms with Crippen molar-refractivity contribution < 1.29 is 17.9 Å². The molecule has 1 aromatic carbocycles. The van der Waals surface area contributed by atoms with Crippen molar-refractivity contribution in [3.05, 3.63) is 53.7 Å². The highest BCUT2D eigenvalue weighted by Gasteiger charge is 2.31. The van der Waals surface area contributed by atoms with Crippen LogP contribution in [0, 0.1) is 6.92 Å². The summed E-state index contributed by atoms with van der Waals surface area (Å²) in [5.41, 5.74) is -0.448. The lowest BCUT2D eigenvalue weighted by Crippen LogP contribution is -2.08. The average molecular weight is 313 g/mol. The van der Waals surface area contributed by atoms with Crippen molar-refractivity contribution in [2.24, 2.45) is 0 Å². The molecule has 1 heterocycles. The third kappa shape index (κ3) is 4.97. The predicted octanol–water partition coefficient (Wildman–Crippen LogP) is 4.58. The molecule has 0 saturated heterocycles. The second-order valence-corrected chi connectivity index (χ2v) is 5.51. The van der Waals surface area contributed by atoms with Crippen LogP contribution in [0.2, 0.25) is 0 Å². The maximum atomic E-state index is 12.7. The van der Waals surface area contributed by atoms with Crippen LogP contribution in [0.5, 0.6) is 5.88 Å². The van der Waals surface area contributed by atoms with Gasteiger partial charge in [0.2, 0.25) is 5.88 Å². The number of pyridine rings is 1. The van der Waals surface area contributed by atoms with E-state index in [2.05, 4.69) is 4.98 Å². The molecular weight excluding hydrogens is 299 g/mol. The summed E-state index contributed by atoms with van der Waals surface area (Å²) in [5.74, 6) is 0.650. The second kappa shape index (κ2) is 6.85. The lowest BCUT2D eigenvalue weighted by Gasteiger charge is -2.10. The second-order valence-electron chi connectivity index (χ2n) is 4.34. The number of hydrogen-bond acceptors (Lipinski definition) is 3. The highest BCUT2D eigenvalue weighted by Crippen LogP contribution is 2.31. The van der Waals surface area contributed by atoms with Crippen molar-refractivity contribution in [1.29, 1.82) is 0 Å². The van der Waals surface area contributed by atoms with Gasteiger partial charge in [0.15, 0.2) is 0 Å². The van der Waals surface area contributed by atoms with Crippen LogP contribution >= 0.6 is 11.8 Å². The average Bonchev–Trinajstić information content (AvgIpc) is 2.43. The summed E-state index contributed by atoms with van der Waals surface area (Å²) in [6.45, 7) is 1.81. The van der Waals surface area contributed by atoms with E-state index in [-0.39, 0.29) is 11.6 Å². The van der Waals surface area contributed by atoms with Crippen molar-refractivity contribution in [2.75, 3.05) is 12.4 Å². The van der Waals surface area contributed by atoms with Crippen LogP contribution < -0.4 is 4.74 Å². The van der Waals surface area contributed by atoms with Crippen molar-refractivity contribution in [3.63, 3.8) is 0 Å². The minimum Gasteiger partial charge on any atom is -0.477 e. The molecule has 2 rings (SSSR count). The number of rotatable bonds is 5. The number of ether oxygens (including phenoxy) is 1. The van der Waals surface area contributed by atoms with Crippen LogP contribution in [0.4, 0.5) is 13.2 Å². The van der Waals surface area contributed by atoms with Crippen molar-refractivity contribution in [1.82, 2.24) is 4.98 Å². The van der Waals surface area contributed by atoms with E-state index in [1.54, 1.807) is 11.8 Å². The normalized spacial score (nSPS) is 11.4. The molecule has 2 aromatic rings. The number of benzene rings is 1. The number of aromatic nitrogens is 1. The van der Waals surface area contributed by atoms with Gasteiger partial charge in [-0.15, -0.1) is 11.8 Å². The molecule has 0 N–H and O–H groups in total. The van der Waals surface area contributed by atoms with Crippen LogP contribution in [0.15, 0.2) is 47.4 Å². The first kappa shape index (κ1) is 15.7. The van der Waals surface area contributed by atoms with Gasteiger partial charge in [-0.2, -0.15) is 13.2 Å². The fraction of sp³-hybridized carbons (Fsp3) is 0.267. The van der Waals surface area contributed by atoms with E-state index in [0.29, 0.717) is 12.4 Å². The third-order valence-corrected chi connectivity index (χ3v) is 3.58. The van der Waals surface area contributed by atoms with Gasteiger partial charge in [-0.05, 0) is 25.1 Å². The predicted molar refractivity (Wildman–Crippen MR) is 76.6 cm³/mol. The first-order valence-electron chi connectivity index (χ1n) is 6.32. The number of alkyl halides is 3. The Morgan fingerprint density at radius 3 is 2.52 bits per heavy atom. The quantitative estimate of drug-likeness (QED) is 0.596. The molecule has 2 nitrogen and oxygen atoms in total. The fourth-order valence-corrected chi connectivity index (χ4v) is 2.45. The molecule has 0 bridgehead atoms. The summed E-state index contributed by atoms with van der Waals surface area (Å²) in [5, 5.41) is 0. The highest BCUT2D eigenvalue weighted by molar-refractivity contribution is 7.99. The summed E-state index contributed by atoms with van der Waals surface area (Å²) >= 11 is 1.58. The van der Waals surface area contributed by atoms with Gasteiger partial charge in [-0.1, -0.05) is 18.2 Å². The van der Waals surface area contributed by atoms with Crippen LogP contribution in [0.1, 0.15) is 11.3 Å². The van der Waals surface area contributed by atoms with Crippen LogP contribution in [-0.2, 0) is 6.18 Å². The summed E-state index contributed by atoms with van der Waals surface area (Å²) in [6.07, 6.45) is -4.38. The van der Waals surface area contributed by atoms with Crippen LogP contribution in [0.3, 0.4) is 0 Å². The molecule has 6 heteroatoms. The van der Waals surface area contributed by atoms with Gasteiger partial charge in [0.1, 0.15) is 0 Å². The van der Waals surface area contributed by atoms with Crippen molar-refractivity contribution >= 4 is 11.8 Å². The molecule has 0 atom stereocenters. The Morgan fingerprint density at radius 1 is 1.14 bits per heavy atom. The van der Waals surface area contributed by atoms with E-state index < -0.39 is 11.7 Å². The molecule has 1 aromatic heterocycles. The molecule has 0 unspecified atom stereocenters. The van der Waals surface area contributed by atoms with E-state index in [4.69, 9.17) is 4.74 Å². The molecule has 0 amide bonds. The van der Waals surface area contributed by atoms with E-state index in [1.165, 1.54) is 6.92 Å². The van der Waals surface area contributed by atoms with Gasteiger partial charge in [0.05, 0.1) is 12.2 Å². The molecule has 0 aliphatic carbocycles. The van der Waals surface area contributed by atoms with E-state index >= 15 is 0 Å². The first-order valence-corrected chi connectivity index (χ1v) is 7.30. The largest absolute Gasteiger partial charge is 0.477 e. The summed E-state index contributed by atoms with van der Waals surface area (Å²) < 4.78 is 43.3. The molecule has 0 radical (unpaired) electrons. The summed E-state index contributed by atoms with van der Waals surface area (Å²) in [4.78, 5) is 5.05. The van der Waals surface area contributed by atoms with E-state index in [1.807, 2.05) is 30.3 Å². The fourth-order valence-electron chi connectivity index (χ4n) is 1.70. The Labute approximate surface area is 125 Å². The molecule has 112 valence electrons. The number of thioether (sulfide) groups is 1. The maximum absolute atomic E-state index is 12.7. The Hall–Kier alpha value is -1.69. The standard InChI is InChI=1S/C15H14F3NOS/c1-11-9-12(15(16,17)18)10-14(19-11)20-7-8-21-13-5-3-2-4-6-13/h2-6,9-10H,7-8H2,1H3. The Morgan fingerprint density at radius 2 is 1.86 bits per heavy atom. The number of nitrogens with zero attached hydrogens (tertiary/aromatic N) is 1. The van der Waals surface area contributed by atoms with Crippen LogP contribution in [0.25, 0.3) is 0 Å². The zero-order valence-corrected chi connectivity index (χ0v) is 12.2. The van der Waals surface area contributed by atoms with Crippen LogP contribution in [-0.4, -0.2) is 17.3 Å². The minimum absolute atomic E-state index is 0.0102. The Bertz CT molecular complexity index is 587. The topological polar surface area (TPSA) is 22.1 Å². The van der Waals surface area contributed by atoms with E-state index in [0.717, 1.165) is 17.0 Å². The lowest BCUT2D eigenvalue weighted by atomic mass is 10.2. The number of halogens is 3. The number of hydrogen-bond donors (Lipinski definition) is 0. The van der Waals surface area contributed by atoms with Gasteiger partial charge in [-0.3, -0.25) is 0 Å². The van der Waals surface area contributed by atoms with Crippen molar-refractivity contribution in [3.8, 4) is 5.88 Å². The van der Waals surface area contributed by atoms with Crippen molar-refractivity contribution in [2.45, 2.75) is 18.0 Å². The highest BCUT2D eigenvalue weighted by atomic mass is 32.2. The summed E-state index contributed by atoms with van der Waals surface area (Å²) in [7, 11) is 0. The maximum Gasteiger partial charge on any atom is 0.416 e. The van der Waals surface area contributed by atoms with Gasteiger partial charge < -0.3 is 4.74 Å². The van der Waals surface area contributed by atoms with Gasteiger partial charge in [0.25, 0.3) is 0 Å². The Balaban J connectivity index is 1.90. The third-order valence-electron chi connectivity index (χ3n) is 2.60. The SMILES string of the molecule is Cc1cc(C(F)(F)F)cc(OCCSc2ccccc2)n1. The molecular formula is C15H14F3NOS. The molecule has 0 aliphatic rings. The van der Waals surface area contributed by atoms with Gasteiger partial charge in [0, 0.05) is 22.4 Å². The number of aryl methyl sites for hydroxylation is 1. The monoisotopic (exact) mass is 313 g/mol. The van der Waals surface area contributed by atoms with Gasteiger partial charge in [-0.25, -0.2) is 4.98 Å². The molecule has 0 spiro atoms. The summed E-state index contributed by atoms with van der Waals surface area (Å²) in [6, 6.07) is 11.7. The molecule has 0 aliphatic heterocycles. The lowest BCUT2D eigenvalue weighted by molar-refractivity contribution is -0.137. The molecule has 21 heavy (non-hydrogen) atoms. The smallest absolute Gasteiger partial charge is 0.416 e. The molecule has 0 fully saturated rings. The first-order chi connectivity index (χ1) is 9.95. The Kier molecular flexibility index (Phi) is 5.12. The van der Waals surface area contributed by atoms with E-state index in [9.17, 15) is 13.2 Å². The minimum atomic E-state index is -4.38. The zero-order valence-electron chi connectivity index (χ0n) is 11.4.